The van der Waals surface area contributed by atoms with Crippen molar-refractivity contribution in [3.63, 3.8) is 0 Å². The number of anilines is 1. The number of thiazole rings is 1. The van der Waals surface area contributed by atoms with Crippen molar-refractivity contribution < 1.29 is 9.59 Å². The summed E-state index contributed by atoms with van der Waals surface area (Å²) in [6.45, 7) is 3.26. The average Bonchev–Trinajstić information content (AvgIpc) is 3.24. The zero-order valence-corrected chi connectivity index (χ0v) is 20.5. The van der Waals surface area contributed by atoms with Gasteiger partial charge in [0.25, 0.3) is 5.91 Å². The first-order valence-corrected chi connectivity index (χ1v) is 11.3. The molecular formula is C26H26ClN3O2S. The smallest absolute Gasteiger partial charge is 0.260 e. The van der Waals surface area contributed by atoms with Gasteiger partial charge in [-0.15, -0.1) is 12.4 Å². The lowest BCUT2D eigenvalue weighted by atomic mass is 10.0. The van der Waals surface area contributed by atoms with Crippen LogP contribution in [0.3, 0.4) is 0 Å². The van der Waals surface area contributed by atoms with Crippen molar-refractivity contribution in [3.8, 4) is 0 Å². The van der Waals surface area contributed by atoms with Crippen LogP contribution in [0, 0.1) is 6.92 Å². The van der Waals surface area contributed by atoms with Crippen LogP contribution < -0.4 is 4.90 Å². The maximum atomic E-state index is 13.5. The number of carbonyl (C=O) groups excluding carboxylic acids is 2. The minimum absolute atomic E-state index is 0. The Bertz CT molecular complexity index is 1250. The predicted molar refractivity (Wildman–Crippen MR) is 138 cm³/mol. The van der Waals surface area contributed by atoms with Crippen LogP contribution in [0.2, 0.25) is 0 Å². The van der Waals surface area contributed by atoms with Gasteiger partial charge in [-0.3, -0.25) is 14.5 Å². The fraction of sp³-hybridized carbons (Fsp3) is 0.192. The Hall–Kier alpha value is -3.06. The highest BCUT2D eigenvalue weighted by atomic mass is 35.5. The summed E-state index contributed by atoms with van der Waals surface area (Å²) in [5.41, 5.74) is 3.74. The number of nitrogens with zero attached hydrogens (tertiary/aromatic N) is 3. The molecule has 0 atom stereocenters. The summed E-state index contributed by atoms with van der Waals surface area (Å²) in [6, 6.07) is 22.1. The quantitative estimate of drug-likeness (QED) is 0.330. The Labute approximate surface area is 204 Å². The van der Waals surface area contributed by atoms with Crippen LogP contribution in [0.15, 0.2) is 72.8 Å². The number of rotatable bonds is 7. The fourth-order valence-corrected chi connectivity index (χ4v) is 4.52. The molecule has 4 rings (SSSR count). The summed E-state index contributed by atoms with van der Waals surface area (Å²) >= 11 is 1.52. The van der Waals surface area contributed by atoms with Crippen LogP contribution in [-0.4, -0.2) is 48.8 Å². The number of aryl methyl sites for hydroxylation is 1. The maximum Gasteiger partial charge on any atom is 0.260 e. The van der Waals surface area contributed by atoms with Crippen molar-refractivity contribution in [2.45, 2.75) is 6.92 Å². The average molecular weight is 480 g/mol. The topological polar surface area (TPSA) is 53.5 Å². The first-order chi connectivity index (χ1) is 15.4. The molecule has 170 valence electrons. The summed E-state index contributed by atoms with van der Waals surface area (Å²) in [6.07, 6.45) is 0. The Morgan fingerprint density at radius 3 is 2.09 bits per heavy atom. The van der Waals surface area contributed by atoms with Crippen LogP contribution in [0.25, 0.3) is 10.2 Å². The van der Waals surface area contributed by atoms with Gasteiger partial charge >= 0.3 is 0 Å². The highest BCUT2D eigenvalue weighted by Gasteiger charge is 2.22. The summed E-state index contributed by atoms with van der Waals surface area (Å²) in [5, 5.41) is 0.686. The largest absolute Gasteiger partial charge is 0.308 e. The molecule has 0 aliphatic carbocycles. The molecule has 0 unspecified atom stereocenters. The molecule has 3 aromatic carbocycles. The molecule has 7 heteroatoms. The molecule has 1 aromatic heterocycles. The van der Waals surface area contributed by atoms with Crippen LogP contribution >= 0.6 is 23.7 Å². The lowest BCUT2D eigenvalue weighted by molar-refractivity contribution is 0.0982. The lowest BCUT2D eigenvalue weighted by Gasteiger charge is -2.22. The monoisotopic (exact) mass is 479 g/mol. The number of carbonyl (C=O) groups is 2. The minimum Gasteiger partial charge on any atom is -0.308 e. The van der Waals surface area contributed by atoms with Gasteiger partial charge < -0.3 is 4.90 Å². The molecule has 5 nitrogen and oxygen atoms in total. The zero-order valence-electron chi connectivity index (χ0n) is 18.8. The number of aromatic nitrogens is 1. The summed E-state index contributed by atoms with van der Waals surface area (Å²) in [4.78, 5) is 34.7. The second-order valence-corrected chi connectivity index (χ2v) is 8.96. The molecule has 0 saturated heterocycles. The molecule has 0 radical (unpaired) electrons. The van der Waals surface area contributed by atoms with Crippen molar-refractivity contribution in [1.82, 2.24) is 9.88 Å². The zero-order chi connectivity index (χ0) is 22.7. The number of ketones is 1. The predicted octanol–water partition coefficient (Wildman–Crippen LogP) is 5.47. The number of hydrogen-bond acceptors (Lipinski definition) is 5. The number of benzene rings is 3. The number of likely N-dealkylation sites (N-methyl/N-ethyl adjacent to an activating group) is 1. The molecule has 0 aliphatic rings. The highest BCUT2D eigenvalue weighted by molar-refractivity contribution is 7.22. The van der Waals surface area contributed by atoms with Gasteiger partial charge in [-0.2, -0.15) is 0 Å². The van der Waals surface area contributed by atoms with E-state index < -0.39 is 0 Å². The van der Waals surface area contributed by atoms with Crippen molar-refractivity contribution >= 4 is 50.8 Å². The Morgan fingerprint density at radius 2 is 1.45 bits per heavy atom. The van der Waals surface area contributed by atoms with Crippen LogP contribution in [0.5, 0.6) is 0 Å². The van der Waals surface area contributed by atoms with Crippen LogP contribution in [0.1, 0.15) is 31.8 Å². The van der Waals surface area contributed by atoms with E-state index in [2.05, 4.69) is 0 Å². The second kappa shape index (κ2) is 10.7. The Morgan fingerprint density at radius 1 is 0.818 bits per heavy atom. The van der Waals surface area contributed by atoms with Crippen LogP contribution in [-0.2, 0) is 0 Å². The molecule has 0 fully saturated rings. The van der Waals surface area contributed by atoms with Crippen molar-refractivity contribution in [1.29, 1.82) is 0 Å². The molecule has 4 aromatic rings. The normalized spacial score (nSPS) is 10.8. The van der Waals surface area contributed by atoms with E-state index in [1.807, 2.05) is 62.3 Å². The number of para-hydroxylation sites is 1. The van der Waals surface area contributed by atoms with E-state index in [1.165, 1.54) is 11.3 Å². The maximum absolute atomic E-state index is 13.5. The van der Waals surface area contributed by atoms with Gasteiger partial charge in [0, 0.05) is 29.8 Å². The number of amides is 1. The van der Waals surface area contributed by atoms with E-state index in [4.69, 9.17) is 4.98 Å². The molecule has 0 bridgehead atoms. The third-order valence-corrected chi connectivity index (χ3v) is 6.33. The van der Waals surface area contributed by atoms with E-state index in [0.717, 1.165) is 15.8 Å². The Kier molecular flexibility index (Phi) is 7.97. The first kappa shape index (κ1) is 24.6. The molecule has 1 heterocycles. The highest BCUT2D eigenvalue weighted by Crippen LogP contribution is 2.31. The molecule has 1 amide bonds. The molecule has 0 N–H and O–H groups in total. The van der Waals surface area contributed by atoms with Gasteiger partial charge in [-0.05, 0) is 44.8 Å². The van der Waals surface area contributed by atoms with Crippen molar-refractivity contribution in [2.24, 2.45) is 0 Å². The van der Waals surface area contributed by atoms with E-state index in [9.17, 15) is 9.59 Å². The molecule has 0 saturated carbocycles. The van der Waals surface area contributed by atoms with Gasteiger partial charge in [-0.1, -0.05) is 65.9 Å². The minimum atomic E-state index is -0.123. The molecule has 33 heavy (non-hydrogen) atoms. The van der Waals surface area contributed by atoms with E-state index >= 15 is 0 Å². The van der Waals surface area contributed by atoms with E-state index in [1.54, 1.807) is 41.3 Å². The van der Waals surface area contributed by atoms with Gasteiger partial charge in [0.2, 0.25) is 0 Å². The van der Waals surface area contributed by atoms with Crippen LogP contribution in [0.4, 0.5) is 5.13 Å². The summed E-state index contributed by atoms with van der Waals surface area (Å²) in [7, 11) is 3.96. The number of hydrogen-bond donors (Lipinski definition) is 0. The number of halogens is 1. The SMILES string of the molecule is Cc1cccc2sc(N(CCN(C)C)C(=O)c3ccc(C(=O)c4ccccc4)cc3)nc12.Cl. The lowest BCUT2D eigenvalue weighted by Crippen LogP contribution is -2.36. The summed E-state index contributed by atoms with van der Waals surface area (Å²) in [5.74, 6) is -0.182. The number of fused-ring (bicyclic) bond motifs is 1. The van der Waals surface area contributed by atoms with Crippen molar-refractivity contribution in [2.75, 3.05) is 32.1 Å². The standard InChI is InChI=1S/C26H25N3O2S.ClH/c1-18-8-7-11-22-23(18)27-26(32-22)29(17-16-28(2)3)25(31)21-14-12-20(13-15-21)24(30)19-9-5-4-6-10-19;/h4-15H,16-17H2,1-3H3;1H. The fourth-order valence-electron chi connectivity index (χ4n) is 3.45. The second-order valence-electron chi connectivity index (χ2n) is 7.95. The molecular weight excluding hydrogens is 454 g/mol. The molecule has 0 spiro atoms. The van der Waals surface area contributed by atoms with Crippen molar-refractivity contribution in [3.05, 3.63) is 95.1 Å². The van der Waals surface area contributed by atoms with Gasteiger partial charge in [-0.25, -0.2) is 4.98 Å². The Balaban J connectivity index is 0.00000306. The van der Waals surface area contributed by atoms with Gasteiger partial charge in [0.15, 0.2) is 10.9 Å². The van der Waals surface area contributed by atoms with E-state index in [-0.39, 0.29) is 24.1 Å². The van der Waals surface area contributed by atoms with Gasteiger partial charge in [0.05, 0.1) is 10.2 Å². The molecule has 0 aliphatic heterocycles. The third kappa shape index (κ3) is 5.47. The van der Waals surface area contributed by atoms with E-state index in [0.29, 0.717) is 34.9 Å². The third-order valence-electron chi connectivity index (χ3n) is 5.29. The summed E-state index contributed by atoms with van der Waals surface area (Å²) < 4.78 is 1.06. The first-order valence-electron chi connectivity index (χ1n) is 10.5. The van der Waals surface area contributed by atoms with Gasteiger partial charge in [0.1, 0.15) is 0 Å².